The maximum atomic E-state index is 11.1. The van der Waals surface area contributed by atoms with E-state index in [-0.39, 0.29) is 0 Å². The molecule has 0 radical (unpaired) electrons. The summed E-state index contributed by atoms with van der Waals surface area (Å²) in [7, 11) is 0. The van der Waals surface area contributed by atoms with E-state index in [9.17, 15) is 4.79 Å². The van der Waals surface area contributed by atoms with Crippen molar-refractivity contribution in [3.05, 3.63) is 0 Å². The fourth-order valence-electron chi connectivity index (χ4n) is 3.02. The Hall–Kier alpha value is -0.330. The standard InChI is InChI=1S/C8H10O/c9-7-3-4-1-5-6(2-4)8(5)7/h4-6,8H,1-3H2. The van der Waals surface area contributed by atoms with Gasteiger partial charge in [0.15, 0.2) is 0 Å². The van der Waals surface area contributed by atoms with E-state index in [1.807, 2.05) is 0 Å². The monoisotopic (exact) mass is 122 g/mol. The highest BCUT2D eigenvalue weighted by Gasteiger charge is 2.62. The molecule has 2 atom stereocenters. The van der Waals surface area contributed by atoms with Crippen LogP contribution in [0.15, 0.2) is 0 Å². The van der Waals surface area contributed by atoms with Gasteiger partial charge in [0.05, 0.1) is 0 Å². The second-order valence-corrected chi connectivity index (χ2v) is 3.86. The molecule has 0 amide bonds. The molecule has 0 aromatic heterocycles. The van der Waals surface area contributed by atoms with Gasteiger partial charge < -0.3 is 0 Å². The third-order valence-corrected chi connectivity index (χ3v) is 3.40. The number of hydrogen-bond donors (Lipinski definition) is 0. The van der Waals surface area contributed by atoms with Crippen molar-refractivity contribution in [1.29, 1.82) is 0 Å². The zero-order valence-corrected chi connectivity index (χ0v) is 5.34. The van der Waals surface area contributed by atoms with Crippen molar-refractivity contribution < 1.29 is 4.79 Å². The van der Waals surface area contributed by atoms with E-state index in [1.54, 1.807) is 0 Å². The second-order valence-electron chi connectivity index (χ2n) is 3.86. The van der Waals surface area contributed by atoms with E-state index in [1.165, 1.54) is 12.8 Å². The van der Waals surface area contributed by atoms with E-state index in [0.29, 0.717) is 11.7 Å². The minimum absolute atomic E-state index is 0.565. The summed E-state index contributed by atoms with van der Waals surface area (Å²) in [4.78, 5) is 11.1. The lowest BCUT2D eigenvalue weighted by Crippen LogP contribution is -2.19. The number of fused-ring (bicyclic) bond motifs is 1. The molecule has 4 aliphatic rings. The second kappa shape index (κ2) is 1.09. The predicted molar refractivity (Wildman–Crippen MR) is 32.8 cm³/mol. The molecule has 4 bridgehead atoms. The summed E-state index contributed by atoms with van der Waals surface area (Å²) in [6, 6.07) is 0. The first kappa shape index (κ1) is 4.48. The summed E-state index contributed by atoms with van der Waals surface area (Å²) in [5, 5.41) is 0. The first-order valence-corrected chi connectivity index (χ1v) is 3.89. The Morgan fingerprint density at radius 2 is 1.89 bits per heavy atom. The quantitative estimate of drug-likeness (QED) is 0.472. The summed E-state index contributed by atoms with van der Waals surface area (Å²) in [6.45, 7) is 0. The predicted octanol–water partition coefficient (Wildman–Crippen LogP) is 1.23. The van der Waals surface area contributed by atoms with Gasteiger partial charge in [-0.3, -0.25) is 4.79 Å². The molecule has 1 heteroatoms. The Morgan fingerprint density at radius 1 is 1.22 bits per heavy atom. The summed E-state index contributed by atoms with van der Waals surface area (Å²) in [5.41, 5.74) is 0. The van der Waals surface area contributed by atoms with Crippen LogP contribution in [0, 0.1) is 23.7 Å². The van der Waals surface area contributed by atoms with Crippen molar-refractivity contribution in [3.63, 3.8) is 0 Å². The molecule has 1 nitrogen and oxygen atoms in total. The number of Topliss-reactive ketones (excluding diaryl/α,β-unsaturated/α-hetero) is 1. The Morgan fingerprint density at radius 3 is 2.22 bits per heavy atom. The van der Waals surface area contributed by atoms with E-state index in [0.717, 1.165) is 24.2 Å². The number of ketones is 1. The van der Waals surface area contributed by atoms with Gasteiger partial charge >= 0.3 is 0 Å². The van der Waals surface area contributed by atoms with Crippen molar-refractivity contribution in [3.8, 4) is 0 Å². The van der Waals surface area contributed by atoms with Crippen LogP contribution in [-0.2, 0) is 4.79 Å². The lowest BCUT2D eigenvalue weighted by atomic mass is 9.85. The van der Waals surface area contributed by atoms with Crippen LogP contribution in [0.5, 0.6) is 0 Å². The van der Waals surface area contributed by atoms with E-state index in [4.69, 9.17) is 0 Å². The Labute approximate surface area is 54.4 Å². The maximum absolute atomic E-state index is 11.1. The van der Waals surface area contributed by atoms with E-state index in [2.05, 4.69) is 0 Å². The number of carbonyl (C=O) groups is 1. The van der Waals surface area contributed by atoms with Crippen LogP contribution in [0.2, 0.25) is 0 Å². The van der Waals surface area contributed by atoms with Crippen LogP contribution in [-0.4, -0.2) is 5.78 Å². The normalized spacial score (nSPS) is 60.2. The number of rotatable bonds is 0. The molecular weight excluding hydrogens is 112 g/mol. The van der Waals surface area contributed by atoms with E-state index >= 15 is 0 Å². The van der Waals surface area contributed by atoms with Crippen LogP contribution in [0.1, 0.15) is 19.3 Å². The van der Waals surface area contributed by atoms with E-state index < -0.39 is 0 Å². The van der Waals surface area contributed by atoms with Gasteiger partial charge in [0.1, 0.15) is 5.78 Å². The molecule has 48 valence electrons. The van der Waals surface area contributed by atoms with Gasteiger partial charge in [0, 0.05) is 12.3 Å². The molecule has 0 N–H and O–H groups in total. The van der Waals surface area contributed by atoms with Gasteiger partial charge in [-0.25, -0.2) is 0 Å². The molecule has 2 unspecified atom stereocenters. The van der Waals surface area contributed by atoms with Crippen molar-refractivity contribution in [2.24, 2.45) is 23.7 Å². The highest BCUT2D eigenvalue weighted by Crippen LogP contribution is 2.64. The SMILES string of the molecule is O=C1CC2CC3C(C2)C13. The zero-order valence-electron chi connectivity index (χ0n) is 5.34. The molecule has 4 rings (SSSR count). The third-order valence-electron chi connectivity index (χ3n) is 3.40. The summed E-state index contributed by atoms with van der Waals surface area (Å²) < 4.78 is 0. The Balaban J connectivity index is 2.03. The molecule has 0 spiro atoms. The maximum Gasteiger partial charge on any atom is 0.136 e. The lowest BCUT2D eigenvalue weighted by Gasteiger charge is -2.19. The minimum Gasteiger partial charge on any atom is -0.299 e. The molecule has 9 heavy (non-hydrogen) atoms. The summed E-state index contributed by atoms with van der Waals surface area (Å²) in [6.07, 6.45) is 3.71. The number of hydrogen-bond acceptors (Lipinski definition) is 1. The molecule has 4 aliphatic carbocycles. The highest BCUT2D eigenvalue weighted by atomic mass is 16.1. The molecule has 0 aromatic carbocycles. The van der Waals surface area contributed by atoms with Crippen molar-refractivity contribution >= 4 is 5.78 Å². The molecule has 4 fully saturated rings. The fraction of sp³-hybridized carbons (Fsp3) is 0.875. The van der Waals surface area contributed by atoms with Crippen LogP contribution < -0.4 is 0 Å². The molecule has 0 aromatic rings. The number of carbonyl (C=O) groups excluding carboxylic acids is 1. The highest BCUT2D eigenvalue weighted by molar-refractivity contribution is 5.86. The van der Waals surface area contributed by atoms with Gasteiger partial charge in [-0.2, -0.15) is 0 Å². The summed E-state index contributed by atoms with van der Waals surface area (Å²) in [5.74, 6) is 3.72. The topological polar surface area (TPSA) is 17.1 Å². The Kier molecular flexibility index (Phi) is 0.544. The van der Waals surface area contributed by atoms with Crippen molar-refractivity contribution in [2.45, 2.75) is 19.3 Å². The minimum atomic E-state index is 0.565. The van der Waals surface area contributed by atoms with Gasteiger partial charge in [0.25, 0.3) is 0 Å². The third kappa shape index (κ3) is 0.374. The molecule has 0 aliphatic heterocycles. The van der Waals surface area contributed by atoms with Gasteiger partial charge in [0.2, 0.25) is 0 Å². The molecular formula is C8H10O. The largest absolute Gasteiger partial charge is 0.299 e. The average molecular weight is 122 g/mol. The summed E-state index contributed by atoms with van der Waals surface area (Å²) >= 11 is 0. The fourth-order valence-corrected chi connectivity index (χ4v) is 3.02. The lowest BCUT2D eigenvalue weighted by molar-refractivity contribution is -0.124. The van der Waals surface area contributed by atoms with Crippen LogP contribution in [0.25, 0.3) is 0 Å². The molecule has 0 heterocycles. The van der Waals surface area contributed by atoms with Crippen LogP contribution in [0.3, 0.4) is 0 Å². The van der Waals surface area contributed by atoms with Crippen LogP contribution >= 0.6 is 0 Å². The van der Waals surface area contributed by atoms with Gasteiger partial charge in [-0.15, -0.1) is 0 Å². The first-order chi connectivity index (χ1) is 4.36. The van der Waals surface area contributed by atoms with Gasteiger partial charge in [-0.1, -0.05) is 0 Å². The van der Waals surface area contributed by atoms with Crippen molar-refractivity contribution in [1.82, 2.24) is 0 Å². The van der Waals surface area contributed by atoms with Gasteiger partial charge in [-0.05, 0) is 30.6 Å². The first-order valence-electron chi connectivity index (χ1n) is 3.89. The smallest absolute Gasteiger partial charge is 0.136 e. The van der Waals surface area contributed by atoms with Crippen LogP contribution in [0.4, 0.5) is 0 Å². The molecule has 4 saturated carbocycles. The molecule has 0 saturated heterocycles. The van der Waals surface area contributed by atoms with Crippen molar-refractivity contribution in [2.75, 3.05) is 0 Å². The zero-order chi connectivity index (χ0) is 6.01. The average Bonchev–Trinajstić information content (AvgIpc) is 2.37. The Bertz CT molecular complexity index is 173.